The van der Waals surface area contributed by atoms with Crippen molar-refractivity contribution in [3.63, 3.8) is 0 Å². The molecule has 0 fully saturated rings. The summed E-state index contributed by atoms with van der Waals surface area (Å²) in [7, 11) is 0. The minimum Gasteiger partial charge on any atom is -0.489 e. The molecule has 5 heteroatoms. The average Bonchev–Trinajstić information content (AvgIpc) is 2.36. The van der Waals surface area contributed by atoms with Crippen molar-refractivity contribution in [3.8, 4) is 5.75 Å². The van der Waals surface area contributed by atoms with Crippen LogP contribution in [0.1, 0.15) is 27.2 Å². The summed E-state index contributed by atoms with van der Waals surface area (Å²) in [4.78, 5) is 0. The number of hydrogen-bond donors (Lipinski definition) is 2. The first-order valence-electron chi connectivity index (χ1n) is 6.87. The van der Waals surface area contributed by atoms with Crippen LogP contribution in [0.25, 0.3) is 0 Å². The number of hydrogen-bond acceptors (Lipinski definition) is 3. The summed E-state index contributed by atoms with van der Waals surface area (Å²) in [5, 5.41) is 14.2. The van der Waals surface area contributed by atoms with Crippen molar-refractivity contribution in [3.05, 3.63) is 28.2 Å². The summed E-state index contributed by atoms with van der Waals surface area (Å²) in [6.45, 7) is 7.15. The molecule has 0 aliphatic heterocycles. The van der Waals surface area contributed by atoms with Gasteiger partial charge in [0.05, 0.1) is 5.02 Å². The van der Waals surface area contributed by atoms with E-state index in [0.29, 0.717) is 34.3 Å². The molecule has 1 aromatic rings. The van der Waals surface area contributed by atoms with Gasteiger partial charge in [-0.3, -0.25) is 0 Å². The van der Waals surface area contributed by atoms with Crippen LogP contribution in [0, 0.1) is 5.92 Å². The van der Waals surface area contributed by atoms with E-state index in [4.69, 9.17) is 27.9 Å². The van der Waals surface area contributed by atoms with Crippen molar-refractivity contribution in [2.24, 2.45) is 5.92 Å². The molecular formula is C15H23Cl2NO2. The molecule has 1 aromatic carbocycles. The average molecular weight is 320 g/mol. The molecule has 0 bridgehead atoms. The fraction of sp³-hybridized carbons (Fsp3) is 0.600. The Morgan fingerprint density at radius 2 is 1.95 bits per heavy atom. The van der Waals surface area contributed by atoms with E-state index in [0.717, 1.165) is 6.42 Å². The lowest BCUT2D eigenvalue weighted by molar-refractivity contribution is 0.103. The van der Waals surface area contributed by atoms with Gasteiger partial charge in [-0.05, 0) is 31.4 Å². The molecule has 0 radical (unpaired) electrons. The molecule has 2 unspecified atom stereocenters. The fourth-order valence-corrected chi connectivity index (χ4v) is 2.29. The number of benzene rings is 1. The third kappa shape index (κ3) is 6.80. The van der Waals surface area contributed by atoms with Gasteiger partial charge in [-0.2, -0.15) is 0 Å². The lowest BCUT2D eigenvalue weighted by Gasteiger charge is -2.19. The van der Waals surface area contributed by atoms with Crippen molar-refractivity contribution in [2.75, 3.05) is 13.2 Å². The number of aliphatic hydroxyl groups excluding tert-OH is 1. The molecule has 114 valence electrons. The lowest BCUT2D eigenvalue weighted by Crippen LogP contribution is -2.37. The normalized spacial score (nSPS) is 14.3. The molecule has 0 spiro atoms. The van der Waals surface area contributed by atoms with Crippen LogP contribution in [0.2, 0.25) is 10.0 Å². The molecule has 0 aliphatic carbocycles. The van der Waals surface area contributed by atoms with Crippen LogP contribution in [0.4, 0.5) is 0 Å². The Morgan fingerprint density at radius 1 is 1.25 bits per heavy atom. The second kappa shape index (κ2) is 8.73. The fourth-order valence-electron chi connectivity index (χ4n) is 1.96. The lowest BCUT2D eigenvalue weighted by atomic mass is 10.1. The van der Waals surface area contributed by atoms with Crippen molar-refractivity contribution in [1.29, 1.82) is 0 Å². The van der Waals surface area contributed by atoms with E-state index >= 15 is 0 Å². The van der Waals surface area contributed by atoms with Crippen molar-refractivity contribution < 1.29 is 9.84 Å². The minimum absolute atomic E-state index is 0.182. The quantitative estimate of drug-likeness (QED) is 0.766. The van der Waals surface area contributed by atoms with Crippen LogP contribution in [-0.2, 0) is 0 Å². The number of ether oxygens (including phenoxy) is 1. The first kappa shape index (κ1) is 17.6. The molecule has 20 heavy (non-hydrogen) atoms. The smallest absolute Gasteiger partial charge is 0.139 e. The highest BCUT2D eigenvalue weighted by Gasteiger charge is 2.10. The zero-order chi connectivity index (χ0) is 15.1. The second-order valence-corrected chi connectivity index (χ2v) is 6.32. The van der Waals surface area contributed by atoms with Gasteiger partial charge in [-0.25, -0.2) is 0 Å². The predicted octanol–water partition coefficient (Wildman–Crippen LogP) is 3.76. The van der Waals surface area contributed by atoms with Crippen LogP contribution in [0.3, 0.4) is 0 Å². The SMILES string of the molecule is CC(C)CC(C)NCC(O)COc1cc(Cl)ccc1Cl. The molecule has 0 heterocycles. The van der Waals surface area contributed by atoms with E-state index in [2.05, 4.69) is 26.1 Å². The highest BCUT2D eigenvalue weighted by molar-refractivity contribution is 6.34. The van der Waals surface area contributed by atoms with Gasteiger partial charge in [0.15, 0.2) is 0 Å². The number of halogens is 2. The second-order valence-electron chi connectivity index (χ2n) is 5.48. The molecule has 1 rings (SSSR count). The Balaban J connectivity index is 2.32. The summed E-state index contributed by atoms with van der Waals surface area (Å²) in [6, 6.07) is 5.39. The monoisotopic (exact) mass is 319 g/mol. The van der Waals surface area contributed by atoms with E-state index in [9.17, 15) is 5.11 Å². The molecule has 2 atom stereocenters. The molecule has 2 N–H and O–H groups in total. The van der Waals surface area contributed by atoms with Gasteiger partial charge in [-0.1, -0.05) is 37.0 Å². The molecule has 0 saturated carbocycles. The Morgan fingerprint density at radius 3 is 2.60 bits per heavy atom. The molecule has 0 aliphatic rings. The zero-order valence-corrected chi connectivity index (χ0v) is 13.7. The minimum atomic E-state index is -0.584. The first-order chi connectivity index (χ1) is 9.38. The topological polar surface area (TPSA) is 41.5 Å². The highest BCUT2D eigenvalue weighted by atomic mass is 35.5. The van der Waals surface area contributed by atoms with Crippen molar-refractivity contribution >= 4 is 23.2 Å². The Kier molecular flexibility index (Phi) is 7.67. The summed E-state index contributed by atoms with van der Waals surface area (Å²) >= 11 is 11.9. The maximum Gasteiger partial charge on any atom is 0.139 e. The maximum atomic E-state index is 9.89. The predicted molar refractivity (Wildman–Crippen MR) is 84.9 cm³/mol. The molecule has 0 amide bonds. The summed E-state index contributed by atoms with van der Waals surface area (Å²) in [6.07, 6.45) is 0.493. The van der Waals surface area contributed by atoms with E-state index in [1.807, 2.05) is 0 Å². The van der Waals surface area contributed by atoms with E-state index < -0.39 is 6.10 Å². The zero-order valence-electron chi connectivity index (χ0n) is 12.2. The highest BCUT2D eigenvalue weighted by Crippen LogP contribution is 2.27. The number of rotatable bonds is 8. The Bertz CT molecular complexity index is 413. The molecule has 3 nitrogen and oxygen atoms in total. The molecule has 0 aromatic heterocycles. The number of nitrogens with one attached hydrogen (secondary N) is 1. The summed E-state index contributed by atoms with van der Waals surface area (Å²) < 4.78 is 5.49. The van der Waals surface area contributed by atoms with Gasteiger partial charge in [-0.15, -0.1) is 0 Å². The van der Waals surface area contributed by atoms with E-state index in [-0.39, 0.29) is 6.61 Å². The van der Waals surface area contributed by atoms with Gasteiger partial charge in [0, 0.05) is 23.7 Å². The Hall–Kier alpha value is -0.480. The third-order valence-corrected chi connectivity index (χ3v) is 3.40. The van der Waals surface area contributed by atoms with Crippen LogP contribution in [0.15, 0.2) is 18.2 Å². The van der Waals surface area contributed by atoms with Crippen LogP contribution in [0.5, 0.6) is 5.75 Å². The van der Waals surface area contributed by atoms with Gasteiger partial charge in [0.25, 0.3) is 0 Å². The standard InChI is InChI=1S/C15H23Cl2NO2/c1-10(2)6-11(3)18-8-13(19)9-20-15-7-12(16)4-5-14(15)17/h4-5,7,10-11,13,18-19H,6,8-9H2,1-3H3. The maximum absolute atomic E-state index is 9.89. The van der Waals surface area contributed by atoms with Gasteiger partial charge >= 0.3 is 0 Å². The Labute approximate surface area is 131 Å². The van der Waals surface area contributed by atoms with Crippen molar-refractivity contribution in [1.82, 2.24) is 5.32 Å². The third-order valence-electron chi connectivity index (χ3n) is 2.85. The first-order valence-corrected chi connectivity index (χ1v) is 7.63. The summed E-state index contributed by atoms with van der Waals surface area (Å²) in [5.41, 5.74) is 0. The van der Waals surface area contributed by atoms with Gasteiger partial charge in [0.2, 0.25) is 0 Å². The number of aliphatic hydroxyl groups is 1. The largest absolute Gasteiger partial charge is 0.489 e. The van der Waals surface area contributed by atoms with Crippen LogP contribution < -0.4 is 10.1 Å². The van der Waals surface area contributed by atoms with Gasteiger partial charge in [0.1, 0.15) is 18.5 Å². The van der Waals surface area contributed by atoms with Crippen LogP contribution >= 0.6 is 23.2 Å². The van der Waals surface area contributed by atoms with E-state index in [1.54, 1.807) is 18.2 Å². The van der Waals surface area contributed by atoms with Gasteiger partial charge < -0.3 is 15.2 Å². The van der Waals surface area contributed by atoms with E-state index in [1.165, 1.54) is 0 Å². The van der Waals surface area contributed by atoms with Crippen LogP contribution in [-0.4, -0.2) is 30.4 Å². The molecular weight excluding hydrogens is 297 g/mol. The summed E-state index contributed by atoms with van der Waals surface area (Å²) in [5.74, 6) is 1.13. The molecule has 0 saturated heterocycles. The van der Waals surface area contributed by atoms with Crippen molar-refractivity contribution in [2.45, 2.75) is 39.3 Å².